The zero-order valence-electron chi connectivity index (χ0n) is 12.5. The SMILES string of the molecule is O=C1NCCCC[C@@H]1N[C@@H]1CC(=O)N(c2ccc(Br)cc2)C1=O. The smallest absolute Gasteiger partial charge is 0.251 e. The zero-order valence-corrected chi connectivity index (χ0v) is 14.1. The van der Waals surface area contributed by atoms with Crippen LogP contribution in [0.15, 0.2) is 28.7 Å². The molecule has 2 N–H and O–H groups in total. The fourth-order valence-electron chi connectivity index (χ4n) is 2.96. The Morgan fingerprint density at radius 3 is 2.57 bits per heavy atom. The molecule has 0 unspecified atom stereocenters. The Morgan fingerprint density at radius 1 is 1.09 bits per heavy atom. The van der Waals surface area contributed by atoms with Crippen molar-refractivity contribution < 1.29 is 14.4 Å². The lowest BCUT2D eigenvalue weighted by molar-refractivity contribution is -0.123. The van der Waals surface area contributed by atoms with Crippen molar-refractivity contribution in [3.05, 3.63) is 28.7 Å². The number of anilines is 1. The maximum absolute atomic E-state index is 12.6. The first kappa shape index (κ1) is 16.1. The Kier molecular flexibility index (Phi) is 4.77. The largest absolute Gasteiger partial charge is 0.355 e. The molecule has 2 saturated heterocycles. The van der Waals surface area contributed by atoms with E-state index < -0.39 is 12.1 Å². The number of nitrogens with one attached hydrogen (secondary N) is 2. The van der Waals surface area contributed by atoms with Gasteiger partial charge < -0.3 is 5.32 Å². The van der Waals surface area contributed by atoms with Crippen LogP contribution in [0.25, 0.3) is 0 Å². The number of rotatable bonds is 3. The van der Waals surface area contributed by atoms with Crippen molar-refractivity contribution in [2.24, 2.45) is 0 Å². The molecule has 0 saturated carbocycles. The number of hydrogen-bond donors (Lipinski definition) is 2. The molecule has 1 aromatic carbocycles. The van der Waals surface area contributed by atoms with Crippen LogP contribution in [0.1, 0.15) is 25.7 Å². The lowest BCUT2D eigenvalue weighted by atomic mass is 10.1. The third-order valence-electron chi connectivity index (χ3n) is 4.17. The van der Waals surface area contributed by atoms with E-state index in [0.717, 1.165) is 17.3 Å². The summed E-state index contributed by atoms with van der Waals surface area (Å²) in [7, 11) is 0. The summed E-state index contributed by atoms with van der Waals surface area (Å²) >= 11 is 3.33. The number of imide groups is 1. The van der Waals surface area contributed by atoms with Crippen molar-refractivity contribution in [1.29, 1.82) is 0 Å². The molecular weight excluding hydrogens is 362 g/mol. The Bertz CT molecular complexity index is 632. The molecule has 0 radical (unpaired) electrons. The second kappa shape index (κ2) is 6.80. The van der Waals surface area contributed by atoms with E-state index in [1.807, 2.05) is 0 Å². The van der Waals surface area contributed by atoms with Crippen LogP contribution in [0, 0.1) is 0 Å². The van der Waals surface area contributed by atoms with Gasteiger partial charge in [-0.15, -0.1) is 0 Å². The number of carbonyl (C=O) groups is 3. The summed E-state index contributed by atoms with van der Waals surface area (Å²) in [5.41, 5.74) is 0.554. The van der Waals surface area contributed by atoms with Crippen LogP contribution in [0.4, 0.5) is 5.69 Å². The van der Waals surface area contributed by atoms with Gasteiger partial charge in [-0.25, -0.2) is 4.90 Å². The van der Waals surface area contributed by atoms with Crippen molar-refractivity contribution in [2.75, 3.05) is 11.4 Å². The molecule has 122 valence electrons. The van der Waals surface area contributed by atoms with E-state index in [9.17, 15) is 14.4 Å². The van der Waals surface area contributed by atoms with E-state index in [2.05, 4.69) is 26.6 Å². The molecule has 23 heavy (non-hydrogen) atoms. The summed E-state index contributed by atoms with van der Waals surface area (Å²) < 4.78 is 0.880. The van der Waals surface area contributed by atoms with E-state index in [4.69, 9.17) is 0 Å². The fourth-order valence-corrected chi connectivity index (χ4v) is 3.23. The molecule has 3 amide bonds. The van der Waals surface area contributed by atoms with Gasteiger partial charge in [-0.05, 0) is 43.5 Å². The summed E-state index contributed by atoms with van der Waals surface area (Å²) in [4.78, 5) is 38.0. The topological polar surface area (TPSA) is 78.5 Å². The first-order chi connectivity index (χ1) is 11.1. The summed E-state index contributed by atoms with van der Waals surface area (Å²) in [6, 6.07) is 5.97. The van der Waals surface area contributed by atoms with Gasteiger partial charge in [0.1, 0.15) is 0 Å². The lowest BCUT2D eigenvalue weighted by Gasteiger charge is -2.20. The van der Waals surface area contributed by atoms with Gasteiger partial charge in [0, 0.05) is 11.0 Å². The molecular formula is C16H18BrN3O3. The molecule has 3 rings (SSSR count). The van der Waals surface area contributed by atoms with Crippen LogP contribution < -0.4 is 15.5 Å². The number of halogens is 1. The van der Waals surface area contributed by atoms with Gasteiger partial charge in [-0.1, -0.05) is 15.9 Å². The summed E-state index contributed by atoms with van der Waals surface area (Å²) in [6.07, 6.45) is 2.62. The number of nitrogens with zero attached hydrogens (tertiary/aromatic N) is 1. The molecule has 2 atom stereocenters. The van der Waals surface area contributed by atoms with Gasteiger partial charge in [0.25, 0.3) is 5.91 Å². The molecule has 2 aliphatic heterocycles. The molecule has 0 spiro atoms. The number of amides is 3. The fraction of sp³-hybridized carbons (Fsp3) is 0.438. The quantitative estimate of drug-likeness (QED) is 0.776. The van der Waals surface area contributed by atoms with Crippen LogP contribution in [-0.4, -0.2) is 36.3 Å². The van der Waals surface area contributed by atoms with Crippen molar-refractivity contribution in [3.63, 3.8) is 0 Å². The highest BCUT2D eigenvalue weighted by atomic mass is 79.9. The highest BCUT2D eigenvalue weighted by Gasteiger charge is 2.41. The van der Waals surface area contributed by atoms with E-state index in [-0.39, 0.29) is 24.1 Å². The average molecular weight is 380 g/mol. The van der Waals surface area contributed by atoms with Crippen LogP contribution in [0.3, 0.4) is 0 Å². The van der Waals surface area contributed by atoms with E-state index in [1.54, 1.807) is 24.3 Å². The Hall–Kier alpha value is -1.73. The van der Waals surface area contributed by atoms with Gasteiger partial charge in [0.05, 0.1) is 24.2 Å². The average Bonchev–Trinajstić information content (AvgIpc) is 2.68. The molecule has 2 aliphatic rings. The number of hydrogen-bond acceptors (Lipinski definition) is 4. The van der Waals surface area contributed by atoms with Gasteiger partial charge >= 0.3 is 0 Å². The highest BCUT2D eigenvalue weighted by Crippen LogP contribution is 2.25. The van der Waals surface area contributed by atoms with Gasteiger partial charge in [0.2, 0.25) is 11.8 Å². The van der Waals surface area contributed by atoms with Crippen LogP contribution >= 0.6 is 15.9 Å². The molecule has 0 aliphatic carbocycles. The Balaban J connectivity index is 1.73. The van der Waals surface area contributed by atoms with Crippen molar-refractivity contribution in [3.8, 4) is 0 Å². The lowest BCUT2D eigenvalue weighted by Crippen LogP contribution is -2.50. The van der Waals surface area contributed by atoms with E-state index in [1.165, 1.54) is 4.90 Å². The van der Waals surface area contributed by atoms with Crippen LogP contribution in [0.2, 0.25) is 0 Å². The van der Waals surface area contributed by atoms with E-state index in [0.29, 0.717) is 18.7 Å². The summed E-state index contributed by atoms with van der Waals surface area (Å²) in [5, 5.41) is 5.89. The highest BCUT2D eigenvalue weighted by molar-refractivity contribution is 9.10. The normalized spacial score (nSPS) is 25.4. The predicted octanol–water partition coefficient (Wildman–Crippen LogP) is 1.34. The van der Waals surface area contributed by atoms with Crippen LogP contribution in [-0.2, 0) is 14.4 Å². The summed E-state index contributed by atoms with van der Waals surface area (Å²) in [5.74, 6) is -0.636. The molecule has 0 bridgehead atoms. The molecule has 6 nitrogen and oxygen atoms in total. The molecule has 1 aromatic rings. The molecule has 7 heteroatoms. The van der Waals surface area contributed by atoms with Crippen molar-refractivity contribution >= 4 is 39.3 Å². The van der Waals surface area contributed by atoms with Gasteiger partial charge in [0.15, 0.2) is 0 Å². The molecule has 0 aromatic heterocycles. The second-order valence-corrected chi connectivity index (χ2v) is 6.72. The molecule has 2 fully saturated rings. The van der Waals surface area contributed by atoms with Gasteiger partial charge in [-0.2, -0.15) is 0 Å². The first-order valence-electron chi connectivity index (χ1n) is 7.72. The minimum absolute atomic E-state index is 0.0820. The zero-order chi connectivity index (χ0) is 16.4. The summed E-state index contributed by atoms with van der Waals surface area (Å²) in [6.45, 7) is 0.666. The number of benzene rings is 1. The van der Waals surface area contributed by atoms with Crippen molar-refractivity contribution in [2.45, 2.75) is 37.8 Å². The Morgan fingerprint density at radius 2 is 1.83 bits per heavy atom. The second-order valence-electron chi connectivity index (χ2n) is 5.81. The standard InChI is InChI=1S/C16H18BrN3O3/c17-10-4-6-11(7-5-10)20-14(21)9-13(16(20)23)19-12-3-1-2-8-18-15(12)22/h4-7,12-13,19H,1-3,8-9H2,(H,18,22)/t12-,13+/m0/s1. The number of carbonyl (C=O) groups excluding carboxylic acids is 3. The van der Waals surface area contributed by atoms with Gasteiger partial charge in [-0.3, -0.25) is 19.7 Å². The van der Waals surface area contributed by atoms with E-state index >= 15 is 0 Å². The maximum Gasteiger partial charge on any atom is 0.251 e. The minimum Gasteiger partial charge on any atom is -0.355 e. The third kappa shape index (κ3) is 3.45. The van der Waals surface area contributed by atoms with Crippen LogP contribution in [0.5, 0.6) is 0 Å². The maximum atomic E-state index is 12.6. The third-order valence-corrected chi connectivity index (χ3v) is 4.70. The first-order valence-corrected chi connectivity index (χ1v) is 8.51. The molecule has 2 heterocycles. The minimum atomic E-state index is -0.639. The predicted molar refractivity (Wildman–Crippen MR) is 88.8 cm³/mol. The monoisotopic (exact) mass is 379 g/mol. The Labute approximate surface area is 142 Å². The van der Waals surface area contributed by atoms with Crippen molar-refractivity contribution in [1.82, 2.24) is 10.6 Å².